The summed E-state index contributed by atoms with van der Waals surface area (Å²) in [6, 6.07) is 5.84. The zero-order valence-corrected chi connectivity index (χ0v) is 10.9. The molecule has 0 spiro atoms. The third-order valence-electron chi connectivity index (χ3n) is 3.58. The van der Waals surface area contributed by atoms with Crippen LogP contribution in [0.25, 0.3) is 0 Å². The summed E-state index contributed by atoms with van der Waals surface area (Å²) in [7, 11) is 0. The van der Waals surface area contributed by atoms with E-state index in [4.69, 9.17) is 10.2 Å². The van der Waals surface area contributed by atoms with Crippen molar-refractivity contribution >= 4 is 0 Å². The Balaban J connectivity index is 2.59. The SMILES string of the molecule is Cc1cc(C)c(C)c(C(N)c2ccco2)c1C. The molecule has 2 rings (SSSR count). The molecule has 2 N–H and O–H groups in total. The summed E-state index contributed by atoms with van der Waals surface area (Å²) in [5, 5.41) is 0. The standard InChI is InChI=1S/C15H19NO/c1-9-8-10(2)12(4)14(11(9)3)15(16)13-6-5-7-17-13/h5-8,15H,16H2,1-4H3. The molecule has 0 amide bonds. The van der Waals surface area contributed by atoms with Crippen LogP contribution in [0, 0.1) is 27.7 Å². The number of hydrogen-bond donors (Lipinski definition) is 1. The van der Waals surface area contributed by atoms with Gasteiger partial charge in [-0.25, -0.2) is 0 Å². The van der Waals surface area contributed by atoms with Crippen LogP contribution >= 0.6 is 0 Å². The smallest absolute Gasteiger partial charge is 0.125 e. The molecule has 1 heterocycles. The van der Waals surface area contributed by atoms with E-state index in [0.717, 1.165) is 5.76 Å². The largest absolute Gasteiger partial charge is 0.467 e. The molecule has 0 saturated heterocycles. The molecular weight excluding hydrogens is 210 g/mol. The fraction of sp³-hybridized carbons (Fsp3) is 0.333. The van der Waals surface area contributed by atoms with Gasteiger partial charge in [0.2, 0.25) is 0 Å². The van der Waals surface area contributed by atoms with Crippen molar-refractivity contribution in [2.75, 3.05) is 0 Å². The van der Waals surface area contributed by atoms with Gasteiger partial charge in [-0.05, 0) is 67.6 Å². The van der Waals surface area contributed by atoms with Gasteiger partial charge >= 0.3 is 0 Å². The van der Waals surface area contributed by atoms with Gasteiger partial charge in [0.1, 0.15) is 5.76 Å². The second-order valence-corrected chi connectivity index (χ2v) is 4.67. The number of benzene rings is 1. The lowest BCUT2D eigenvalue weighted by molar-refractivity contribution is 0.488. The zero-order chi connectivity index (χ0) is 12.6. The van der Waals surface area contributed by atoms with Crippen LogP contribution in [0.15, 0.2) is 28.9 Å². The first-order valence-electron chi connectivity index (χ1n) is 5.88. The van der Waals surface area contributed by atoms with Crippen molar-refractivity contribution in [2.45, 2.75) is 33.7 Å². The molecule has 17 heavy (non-hydrogen) atoms. The van der Waals surface area contributed by atoms with Crippen molar-refractivity contribution in [2.24, 2.45) is 5.73 Å². The van der Waals surface area contributed by atoms with Gasteiger partial charge in [-0.1, -0.05) is 6.07 Å². The maximum absolute atomic E-state index is 6.31. The Kier molecular flexibility index (Phi) is 3.07. The highest BCUT2D eigenvalue weighted by Gasteiger charge is 2.18. The first-order valence-corrected chi connectivity index (χ1v) is 5.88. The fourth-order valence-electron chi connectivity index (χ4n) is 2.32. The normalized spacial score (nSPS) is 12.8. The summed E-state index contributed by atoms with van der Waals surface area (Å²) in [6.45, 7) is 8.50. The third-order valence-corrected chi connectivity index (χ3v) is 3.58. The Bertz CT molecular complexity index is 500. The molecule has 2 aromatic rings. The molecule has 1 unspecified atom stereocenters. The zero-order valence-electron chi connectivity index (χ0n) is 10.9. The van der Waals surface area contributed by atoms with Crippen LogP contribution in [0.1, 0.15) is 39.6 Å². The molecule has 0 radical (unpaired) electrons. The second kappa shape index (κ2) is 4.38. The number of nitrogens with two attached hydrogens (primary N) is 1. The van der Waals surface area contributed by atoms with E-state index in [-0.39, 0.29) is 6.04 Å². The van der Waals surface area contributed by atoms with E-state index in [9.17, 15) is 0 Å². The van der Waals surface area contributed by atoms with E-state index >= 15 is 0 Å². The minimum atomic E-state index is -0.177. The summed E-state index contributed by atoms with van der Waals surface area (Å²) in [5.74, 6) is 0.821. The topological polar surface area (TPSA) is 39.2 Å². The van der Waals surface area contributed by atoms with E-state index in [1.807, 2.05) is 12.1 Å². The number of aryl methyl sites for hydroxylation is 2. The van der Waals surface area contributed by atoms with Crippen LogP contribution in [-0.2, 0) is 0 Å². The monoisotopic (exact) mass is 229 g/mol. The molecule has 2 heteroatoms. The fourth-order valence-corrected chi connectivity index (χ4v) is 2.32. The van der Waals surface area contributed by atoms with Crippen molar-refractivity contribution in [3.05, 3.63) is 58.0 Å². The van der Waals surface area contributed by atoms with Gasteiger partial charge in [-0.2, -0.15) is 0 Å². The van der Waals surface area contributed by atoms with Gasteiger partial charge in [0.15, 0.2) is 0 Å². The minimum Gasteiger partial charge on any atom is -0.467 e. The molecule has 1 aromatic carbocycles. The predicted octanol–water partition coefficient (Wildman–Crippen LogP) is 3.56. The average molecular weight is 229 g/mol. The second-order valence-electron chi connectivity index (χ2n) is 4.67. The molecule has 0 aliphatic rings. The summed E-state index contributed by atoms with van der Waals surface area (Å²) < 4.78 is 5.41. The lowest BCUT2D eigenvalue weighted by Gasteiger charge is -2.19. The van der Waals surface area contributed by atoms with Gasteiger partial charge < -0.3 is 10.2 Å². The van der Waals surface area contributed by atoms with Gasteiger partial charge in [-0.3, -0.25) is 0 Å². The maximum Gasteiger partial charge on any atom is 0.125 e. The van der Waals surface area contributed by atoms with Gasteiger partial charge in [-0.15, -0.1) is 0 Å². The average Bonchev–Trinajstić information content (AvgIpc) is 2.80. The van der Waals surface area contributed by atoms with Crippen LogP contribution in [0.2, 0.25) is 0 Å². The van der Waals surface area contributed by atoms with Crippen molar-refractivity contribution < 1.29 is 4.42 Å². The summed E-state index contributed by atoms with van der Waals surface area (Å²) in [6.07, 6.45) is 1.67. The van der Waals surface area contributed by atoms with E-state index in [2.05, 4.69) is 33.8 Å². The number of rotatable bonds is 2. The van der Waals surface area contributed by atoms with Crippen molar-refractivity contribution in [3.63, 3.8) is 0 Å². The Labute approximate surface area is 102 Å². The van der Waals surface area contributed by atoms with Gasteiger partial charge in [0.05, 0.1) is 12.3 Å². The lowest BCUT2D eigenvalue weighted by Crippen LogP contribution is -2.15. The molecule has 1 aromatic heterocycles. The highest BCUT2D eigenvalue weighted by Crippen LogP contribution is 2.29. The highest BCUT2D eigenvalue weighted by molar-refractivity contribution is 5.47. The van der Waals surface area contributed by atoms with Crippen molar-refractivity contribution in [3.8, 4) is 0 Å². The van der Waals surface area contributed by atoms with Gasteiger partial charge in [0, 0.05) is 0 Å². The Morgan fingerprint density at radius 3 is 2.12 bits per heavy atom. The Morgan fingerprint density at radius 1 is 1.06 bits per heavy atom. The first-order chi connectivity index (χ1) is 8.02. The van der Waals surface area contributed by atoms with Crippen molar-refractivity contribution in [1.82, 2.24) is 0 Å². The quantitative estimate of drug-likeness (QED) is 0.855. The Morgan fingerprint density at radius 2 is 1.65 bits per heavy atom. The molecular formula is C15H19NO. The van der Waals surface area contributed by atoms with E-state index in [1.54, 1.807) is 6.26 Å². The highest BCUT2D eigenvalue weighted by atomic mass is 16.3. The molecule has 90 valence electrons. The van der Waals surface area contributed by atoms with E-state index in [1.165, 1.54) is 27.8 Å². The lowest BCUT2D eigenvalue weighted by atomic mass is 9.89. The number of hydrogen-bond acceptors (Lipinski definition) is 2. The number of furan rings is 1. The van der Waals surface area contributed by atoms with Crippen molar-refractivity contribution in [1.29, 1.82) is 0 Å². The summed E-state index contributed by atoms with van der Waals surface area (Å²) in [4.78, 5) is 0. The molecule has 0 aliphatic heterocycles. The predicted molar refractivity (Wildman–Crippen MR) is 70.1 cm³/mol. The molecule has 1 atom stereocenters. The third kappa shape index (κ3) is 2.01. The van der Waals surface area contributed by atoms with Crippen LogP contribution < -0.4 is 5.73 Å². The maximum atomic E-state index is 6.31. The van der Waals surface area contributed by atoms with Crippen LogP contribution in [0.4, 0.5) is 0 Å². The van der Waals surface area contributed by atoms with E-state index < -0.39 is 0 Å². The van der Waals surface area contributed by atoms with E-state index in [0.29, 0.717) is 0 Å². The van der Waals surface area contributed by atoms with Crippen LogP contribution in [-0.4, -0.2) is 0 Å². The van der Waals surface area contributed by atoms with Gasteiger partial charge in [0.25, 0.3) is 0 Å². The summed E-state index contributed by atoms with van der Waals surface area (Å²) in [5.41, 5.74) is 12.6. The Hall–Kier alpha value is -1.54. The molecule has 0 fully saturated rings. The molecule has 0 bridgehead atoms. The molecule has 2 nitrogen and oxygen atoms in total. The summed E-state index contributed by atoms with van der Waals surface area (Å²) >= 11 is 0. The minimum absolute atomic E-state index is 0.177. The first kappa shape index (κ1) is 11.9. The van der Waals surface area contributed by atoms with Crippen LogP contribution in [0.3, 0.4) is 0 Å². The van der Waals surface area contributed by atoms with Crippen LogP contribution in [0.5, 0.6) is 0 Å². The molecule has 0 aliphatic carbocycles. The molecule has 0 saturated carbocycles.